The van der Waals surface area contributed by atoms with E-state index in [1.54, 1.807) is 12.1 Å². The van der Waals surface area contributed by atoms with E-state index < -0.39 is 0 Å². The zero-order chi connectivity index (χ0) is 13.2. The number of anilines is 1. The van der Waals surface area contributed by atoms with Gasteiger partial charge < -0.3 is 10.6 Å². The molecule has 3 rings (SSSR count). The lowest BCUT2D eigenvalue weighted by Crippen LogP contribution is -2.43. The second kappa shape index (κ2) is 5.40. The van der Waals surface area contributed by atoms with Crippen molar-refractivity contribution in [2.24, 2.45) is 0 Å². The molecule has 0 spiro atoms. The van der Waals surface area contributed by atoms with Gasteiger partial charge in [-0.3, -0.25) is 4.79 Å². The number of fused-ring (bicyclic) bond motifs is 1. The normalized spacial score (nSPS) is 19.5. The van der Waals surface area contributed by atoms with E-state index in [0.29, 0.717) is 16.2 Å². The summed E-state index contributed by atoms with van der Waals surface area (Å²) in [6, 6.07) is 3.39. The Morgan fingerprint density at radius 1 is 1.42 bits per heavy atom. The topological polar surface area (TPSA) is 66.9 Å². The van der Waals surface area contributed by atoms with Crippen LogP contribution in [0.3, 0.4) is 0 Å². The van der Waals surface area contributed by atoms with Gasteiger partial charge in [-0.2, -0.15) is 8.75 Å². The molecular weight excluding hydrogens is 284 g/mol. The van der Waals surface area contributed by atoms with E-state index in [1.165, 1.54) is 0 Å². The molecular formula is C12H13ClN4OS. The highest BCUT2D eigenvalue weighted by atomic mass is 35.5. The fourth-order valence-electron chi connectivity index (χ4n) is 2.23. The van der Waals surface area contributed by atoms with Crippen LogP contribution in [0.4, 0.5) is 5.69 Å². The van der Waals surface area contributed by atoms with Gasteiger partial charge in [0, 0.05) is 0 Å². The van der Waals surface area contributed by atoms with Crippen molar-refractivity contribution >= 4 is 46.0 Å². The largest absolute Gasteiger partial charge is 0.322 e. The summed E-state index contributed by atoms with van der Waals surface area (Å²) in [5.74, 6) is -0.0536. The number of nitrogens with zero attached hydrogens (tertiary/aromatic N) is 2. The van der Waals surface area contributed by atoms with E-state index in [4.69, 9.17) is 11.6 Å². The first kappa shape index (κ1) is 12.8. The maximum absolute atomic E-state index is 12.2. The minimum atomic E-state index is -0.147. The molecule has 5 nitrogen and oxygen atoms in total. The van der Waals surface area contributed by atoms with Crippen LogP contribution < -0.4 is 10.6 Å². The Morgan fingerprint density at radius 2 is 2.32 bits per heavy atom. The Labute approximate surface area is 119 Å². The number of carbonyl (C=O) groups is 1. The monoisotopic (exact) mass is 296 g/mol. The van der Waals surface area contributed by atoms with Gasteiger partial charge >= 0.3 is 0 Å². The summed E-state index contributed by atoms with van der Waals surface area (Å²) in [7, 11) is 0. The maximum atomic E-state index is 12.2. The van der Waals surface area contributed by atoms with Gasteiger partial charge in [0.15, 0.2) is 0 Å². The molecule has 100 valence electrons. The predicted molar refractivity (Wildman–Crippen MR) is 76.7 cm³/mol. The van der Waals surface area contributed by atoms with Crippen molar-refractivity contribution in [1.29, 1.82) is 0 Å². The SMILES string of the molecule is O=C(Nc1c(Cl)ccc2nsnc12)[C@@H]1CCCCN1. The van der Waals surface area contributed by atoms with Crippen LogP contribution >= 0.6 is 23.3 Å². The number of rotatable bonds is 2. The molecule has 1 aliphatic heterocycles. The fourth-order valence-corrected chi connectivity index (χ4v) is 2.97. The van der Waals surface area contributed by atoms with Crippen LogP contribution in [0.1, 0.15) is 19.3 Å². The minimum Gasteiger partial charge on any atom is -0.322 e. The van der Waals surface area contributed by atoms with Gasteiger partial charge in [-0.05, 0) is 31.5 Å². The summed E-state index contributed by atoms with van der Waals surface area (Å²) >= 11 is 7.26. The van der Waals surface area contributed by atoms with Crippen molar-refractivity contribution in [3.05, 3.63) is 17.2 Å². The minimum absolute atomic E-state index is 0.0536. The van der Waals surface area contributed by atoms with Gasteiger partial charge in [-0.25, -0.2) is 0 Å². The van der Waals surface area contributed by atoms with Gasteiger partial charge in [0.25, 0.3) is 0 Å². The van der Waals surface area contributed by atoms with Crippen LogP contribution in [0.2, 0.25) is 5.02 Å². The number of hydrogen-bond acceptors (Lipinski definition) is 5. The Hall–Kier alpha value is -1.24. The highest BCUT2D eigenvalue weighted by Crippen LogP contribution is 2.30. The van der Waals surface area contributed by atoms with Crippen molar-refractivity contribution in [2.75, 3.05) is 11.9 Å². The summed E-state index contributed by atoms with van der Waals surface area (Å²) in [4.78, 5) is 12.2. The van der Waals surface area contributed by atoms with Crippen molar-refractivity contribution in [1.82, 2.24) is 14.1 Å². The van der Waals surface area contributed by atoms with Gasteiger partial charge in [0.2, 0.25) is 5.91 Å². The van der Waals surface area contributed by atoms with Gasteiger partial charge in [-0.1, -0.05) is 18.0 Å². The first-order valence-corrected chi connectivity index (χ1v) is 7.31. The molecule has 1 amide bonds. The first-order chi connectivity index (χ1) is 9.25. The molecule has 0 unspecified atom stereocenters. The van der Waals surface area contributed by atoms with Crippen molar-refractivity contribution in [3.8, 4) is 0 Å². The van der Waals surface area contributed by atoms with E-state index in [2.05, 4.69) is 19.4 Å². The van der Waals surface area contributed by atoms with Crippen LogP contribution in [0.15, 0.2) is 12.1 Å². The van der Waals surface area contributed by atoms with Crippen molar-refractivity contribution in [2.45, 2.75) is 25.3 Å². The van der Waals surface area contributed by atoms with Crippen LogP contribution in [0.5, 0.6) is 0 Å². The number of halogens is 1. The van der Waals surface area contributed by atoms with Gasteiger partial charge in [-0.15, -0.1) is 0 Å². The average molecular weight is 297 g/mol. The molecule has 2 heterocycles. The van der Waals surface area contributed by atoms with Gasteiger partial charge in [0.05, 0.1) is 28.5 Å². The number of nitrogens with one attached hydrogen (secondary N) is 2. The molecule has 0 saturated carbocycles. The third-order valence-corrected chi connectivity index (χ3v) is 4.11. The molecule has 1 saturated heterocycles. The Morgan fingerprint density at radius 3 is 3.11 bits per heavy atom. The third kappa shape index (κ3) is 2.56. The second-order valence-corrected chi connectivity index (χ2v) is 5.48. The summed E-state index contributed by atoms with van der Waals surface area (Å²) in [5.41, 5.74) is 1.97. The quantitative estimate of drug-likeness (QED) is 0.893. The second-order valence-electron chi connectivity index (χ2n) is 4.55. The zero-order valence-corrected chi connectivity index (χ0v) is 11.7. The number of hydrogen-bond donors (Lipinski definition) is 2. The Kier molecular flexibility index (Phi) is 3.63. The number of carbonyl (C=O) groups excluding carboxylic acids is 1. The molecule has 0 radical (unpaired) electrons. The predicted octanol–water partition coefficient (Wildman–Crippen LogP) is 2.43. The fraction of sp³-hybridized carbons (Fsp3) is 0.417. The lowest BCUT2D eigenvalue weighted by atomic mass is 10.0. The van der Waals surface area contributed by atoms with E-state index >= 15 is 0 Å². The molecule has 0 bridgehead atoms. The number of piperidine rings is 1. The smallest absolute Gasteiger partial charge is 0.241 e. The highest BCUT2D eigenvalue weighted by molar-refractivity contribution is 7.00. The molecule has 0 aliphatic carbocycles. The Bertz CT molecular complexity index is 609. The standard InChI is InChI=1S/C12H13ClN4OS/c13-7-4-5-8-11(17-19-16-8)10(7)15-12(18)9-3-1-2-6-14-9/h4-5,9,14H,1-3,6H2,(H,15,18)/t9-/m0/s1. The molecule has 7 heteroatoms. The van der Waals surface area contributed by atoms with Crippen LogP contribution in [0.25, 0.3) is 11.0 Å². The summed E-state index contributed by atoms with van der Waals surface area (Å²) in [6.45, 7) is 0.883. The molecule has 1 aromatic heterocycles. The average Bonchev–Trinajstić information content (AvgIpc) is 2.91. The van der Waals surface area contributed by atoms with Gasteiger partial charge in [0.1, 0.15) is 11.0 Å². The van der Waals surface area contributed by atoms with Crippen molar-refractivity contribution in [3.63, 3.8) is 0 Å². The number of aromatic nitrogens is 2. The van der Waals surface area contributed by atoms with Crippen LogP contribution in [0, 0.1) is 0 Å². The van der Waals surface area contributed by atoms with E-state index in [1.807, 2.05) is 0 Å². The van der Waals surface area contributed by atoms with E-state index in [9.17, 15) is 4.79 Å². The zero-order valence-electron chi connectivity index (χ0n) is 10.1. The number of benzene rings is 1. The van der Waals surface area contributed by atoms with E-state index in [-0.39, 0.29) is 11.9 Å². The van der Waals surface area contributed by atoms with Crippen LogP contribution in [-0.4, -0.2) is 27.2 Å². The lowest BCUT2D eigenvalue weighted by molar-refractivity contribution is -0.118. The maximum Gasteiger partial charge on any atom is 0.241 e. The summed E-state index contributed by atoms with van der Waals surface area (Å²) in [6.07, 6.45) is 3.05. The molecule has 1 fully saturated rings. The van der Waals surface area contributed by atoms with E-state index in [0.717, 1.165) is 43.1 Å². The van der Waals surface area contributed by atoms with Crippen molar-refractivity contribution < 1.29 is 4.79 Å². The third-order valence-electron chi connectivity index (χ3n) is 3.25. The first-order valence-electron chi connectivity index (χ1n) is 6.21. The summed E-state index contributed by atoms with van der Waals surface area (Å²) < 4.78 is 8.33. The number of amides is 1. The Balaban J connectivity index is 1.86. The summed E-state index contributed by atoms with van der Waals surface area (Å²) in [5, 5.41) is 6.58. The van der Waals surface area contributed by atoms with Crippen LogP contribution in [-0.2, 0) is 4.79 Å². The lowest BCUT2D eigenvalue weighted by Gasteiger charge is -2.22. The molecule has 1 atom stereocenters. The molecule has 2 N–H and O–H groups in total. The highest BCUT2D eigenvalue weighted by Gasteiger charge is 2.22. The molecule has 1 aliphatic rings. The molecule has 1 aromatic carbocycles. The molecule has 19 heavy (non-hydrogen) atoms. The molecule has 2 aromatic rings.